The Balaban J connectivity index is 1.34. The van der Waals surface area contributed by atoms with Crippen LogP contribution in [-0.4, -0.2) is 51.2 Å². The Morgan fingerprint density at radius 3 is 2.75 bits per heavy atom. The van der Waals surface area contributed by atoms with Crippen LogP contribution in [0.5, 0.6) is 0 Å². The smallest absolute Gasteiger partial charge is 0.269 e. The molecular weight excluding hydrogens is 422 g/mol. The number of likely N-dealkylation sites (tertiary alicyclic amines) is 1. The molecule has 7 heteroatoms. The van der Waals surface area contributed by atoms with Crippen LogP contribution in [0.15, 0.2) is 30.3 Å². The third kappa shape index (κ3) is 4.02. The minimum Gasteiger partial charge on any atom is -0.350 e. The first-order valence-electron chi connectivity index (χ1n) is 11.7. The van der Waals surface area contributed by atoms with Gasteiger partial charge in [0.1, 0.15) is 5.69 Å². The summed E-state index contributed by atoms with van der Waals surface area (Å²) in [6.45, 7) is 6.91. The Labute approximate surface area is 194 Å². The lowest BCUT2D eigenvalue weighted by Gasteiger charge is -2.23. The quantitative estimate of drug-likeness (QED) is 0.611. The van der Waals surface area contributed by atoms with Gasteiger partial charge in [-0.1, -0.05) is 36.6 Å². The van der Waals surface area contributed by atoms with Crippen LogP contribution in [0.3, 0.4) is 0 Å². The first-order valence-corrected chi connectivity index (χ1v) is 12.0. The number of fused-ring (bicyclic) bond motifs is 1. The van der Waals surface area contributed by atoms with E-state index in [1.165, 1.54) is 25.7 Å². The minimum atomic E-state index is -0.126. The molecule has 1 aliphatic carbocycles. The number of amides is 1. The van der Waals surface area contributed by atoms with Gasteiger partial charge in [-0.3, -0.25) is 4.79 Å². The van der Waals surface area contributed by atoms with E-state index in [4.69, 9.17) is 16.6 Å². The van der Waals surface area contributed by atoms with Gasteiger partial charge in [0.2, 0.25) is 0 Å². The summed E-state index contributed by atoms with van der Waals surface area (Å²) in [7, 11) is 0. The number of rotatable bonds is 5. The van der Waals surface area contributed by atoms with Crippen molar-refractivity contribution < 1.29 is 4.79 Å². The number of para-hydroxylation sites is 1. The van der Waals surface area contributed by atoms with Crippen LogP contribution in [0, 0.1) is 19.8 Å². The summed E-state index contributed by atoms with van der Waals surface area (Å²) < 4.78 is 1.74. The van der Waals surface area contributed by atoms with Crippen molar-refractivity contribution in [2.45, 2.75) is 52.0 Å². The number of pyridine rings is 1. The van der Waals surface area contributed by atoms with E-state index in [1.807, 2.05) is 44.2 Å². The van der Waals surface area contributed by atoms with Gasteiger partial charge in [0.15, 0.2) is 5.65 Å². The molecular formula is C25H30ClN5O. The maximum absolute atomic E-state index is 13.0. The molecule has 1 atom stereocenters. The van der Waals surface area contributed by atoms with Crippen molar-refractivity contribution in [1.82, 2.24) is 25.0 Å². The van der Waals surface area contributed by atoms with Gasteiger partial charge < -0.3 is 10.2 Å². The molecule has 1 amide bonds. The van der Waals surface area contributed by atoms with Gasteiger partial charge in [-0.25, -0.2) is 9.67 Å². The average molecular weight is 452 g/mol. The molecule has 1 aliphatic heterocycles. The van der Waals surface area contributed by atoms with Gasteiger partial charge in [-0.05, 0) is 69.3 Å². The Morgan fingerprint density at radius 2 is 1.97 bits per heavy atom. The maximum Gasteiger partial charge on any atom is 0.269 e. The van der Waals surface area contributed by atoms with Gasteiger partial charge in [0, 0.05) is 24.5 Å². The van der Waals surface area contributed by atoms with Gasteiger partial charge in [-0.2, -0.15) is 5.10 Å². The SMILES string of the molecule is Cc1cc(C(=O)NCC2CCN(C3CCCC3)C2)nc2c1c(C)nn2-c1ccccc1Cl. The number of hydrogen-bond donors (Lipinski definition) is 1. The fraction of sp³-hybridized carbons (Fsp3) is 0.480. The van der Waals surface area contributed by atoms with Crippen LogP contribution in [0.4, 0.5) is 0 Å². The fourth-order valence-electron chi connectivity index (χ4n) is 5.37. The average Bonchev–Trinajstić information content (AvgIpc) is 3.53. The van der Waals surface area contributed by atoms with Crippen LogP contribution in [-0.2, 0) is 0 Å². The normalized spacial score (nSPS) is 19.8. The largest absolute Gasteiger partial charge is 0.350 e. The second-order valence-corrected chi connectivity index (χ2v) is 9.68. The van der Waals surface area contributed by atoms with Crippen LogP contribution in [0.1, 0.15) is 53.8 Å². The van der Waals surface area contributed by atoms with Crippen molar-refractivity contribution in [3.8, 4) is 5.69 Å². The number of aryl methyl sites for hydroxylation is 2. The molecule has 0 bridgehead atoms. The standard InChI is InChI=1S/C25H30ClN5O/c1-16-13-21(25(32)27-14-18-11-12-30(15-18)19-7-3-4-8-19)28-24-23(16)17(2)29-31(24)22-10-6-5-9-20(22)26/h5-6,9-10,13,18-19H,3-4,7-8,11-12,14-15H2,1-2H3,(H,27,32). The lowest BCUT2D eigenvalue weighted by molar-refractivity contribution is 0.0942. The van der Waals surface area contributed by atoms with E-state index in [-0.39, 0.29) is 5.91 Å². The number of benzene rings is 1. The van der Waals surface area contributed by atoms with Gasteiger partial charge in [0.05, 0.1) is 16.4 Å². The number of hydrogen-bond acceptors (Lipinski definition) is 4. The Kier molecular flexibility index (Phi) is 5.91. The highest BCUT2D eigenvalue weighted by Gasteiger charge is 2.30. The molecule has 2 fully saturated rings. The number of carbonyl (C=O) groups is 1. The van der Waals surface area contributed by atoms with Crippen molar-refractivity contribution in [3.63, 3.8) is 0 Å². The zero-order chi connectivity index (χ0) is 22.2. The lowest BCUT2D eigenvalue weighted by atomic mass is 10.1. The first-order chi connectivity index (χ1) is 15.5. The molecule has 1 aromatic carbocycles. The topological polar surface area (TPSA) is 63.1 Å². The van der Waals surface area contributed by atoms with Crippen LogP contribution < -0.4 is 5.32 Å². The molecule has 0 radical (unpaired) electrons. The van der Waals surface area contributed by atoms with E-state index in [2.05, 4.69) is 15.3 Å². The molecule has 2 aliphatic rings. The summed E-state index contributed by atoms with van der Waals surface area (Å²) in [5.74, 6) is 0.388. The molecule has 3 heterocycles. The van der Waals surface area contributed by atoms with Crippen molar-refractivity contribution in [3.05, 3.63) is 52.3 Å². The molecule has 2 aromatic heterocycles. The second kappa shape index (κ2) is 8.83. The Hall–Kier alpha value is -2.44. The number of carbonyl (C=O) groups excluding carboxylic acids is 1. The summed E-state index contributed by atoms with van der Waals surface area (Å²) in [4.78, 5) is 20.4. The van der Waals surface area contributed by atoms with E-state index in [0.717, 1.165) is 47.9 Å². The fourth-order valence-corrected chi connectivity index (χ4v) is 5.59. The van der Waals surface area contributed by atoms with E-state index in [1.54, 1.807) is 4.68 Å². The minimum absolute atomic E-state index is 0.126. The maximum atomic E-state index is 13.0. The summed E-state index contributed by atoms with van der Waals surface area (Å²) in [6, 6.07) is 10.2. The van der Waals surface area contributed by atoms with Gasteiger partial charge in [0.25, 0.3) is 5.91 Å². The predicted molar refractivity (Wildman–Crippen MR) is 128 cm³/mol. The Bertz CT molecular complexity index is 1150. The second-order valence-electron chi connectivity index (χ2n) is 9.27. The van der Waals surface area contributed by atoms with E-state index >= 15 is 0 Å². The third-order valence-corrected chi connectivity index (χ3v) is 7.35. The molecule has 1 saturated heterocycles. The van der Waals surface area contributed by atoms with Crippen molar-refractivity contribution in [2.24, 2.45) is 5.92 Å². The van der Waals surface area contributed by atoms with Crippen molar-refractivity contribution in [1.29, 1.82) is 0 Å². The Morgan fingerprint density at radius 1 is 1.19 bits per heavy atom. The molecule has 1 N–H and O–H groups in total. The van der Waals surface area contributed by atoms with Crippen LogP contribution >= 0.6 is 11.6 Å². The summed E-state index contributed by atoms with van der Waals surface area (Å²) in [6.07, 6.45) is 6.54. The molecule has 6 nitrogen and oxygen atoms in total. The molecule has 3 aromatic rings. The molecule has 0 spiro atoms. The monoisotopic (exact) mass is 451 g/mol. The third-order valence-electron chi connectivity index (χ3n) is 7.03. The number of aromatic nitrogens is 3. The van der Waals surface area contributed by atoms with E-state index < -0.39 is 0 Å². The highest BCUT2D eigenvalue weighted by atomic mass is 35.5. The number of nitrogens with zero attached hydrogens (tertiary/aromatic N) is 4. The molecule has 5 rings (SSSR count). The molecule has 168 valence electrons. The van der Waals surface area contributed by atoms with Crippen LogP contribution in [0.25, 0.3) is 16.7 Å². The lowest BCUT2D eigenvalue weighted by Crippen LogP contribution is -2.34. The highest BCUT2D eigenvalue weighted by molar-refractivity contribution is 6.32. The number of halogens is 1. The molecule has 1 saturated carbocycles. The van der Waals surface area contributed by atoms with Crippen LogP contribution in [0.2, 0.25) is 5.02 Å². The zero-order valence-electron chi connectivity index (χ0n) is 18.8. The summed E-state index contributed by atoms with van der Waals surface area (Å²) >= 11 is 6.42. The van der Waals surface area contributed by atoms with E-state index in [0.29, 0.717) is 28.8 Å². The molecule has 32 heavy (non-hydrogen) atoms. The van der Waals surface area contributed by atoms with Gasteiger partial charge in [-0.15, -0.1) is 0 Å². The number of nitrogens with one attached hydrogen (secondary N) is 1. The molecule has 1 unspecified atom stereocenters. The van der Waals surface area contributed by atoms with Crippen molar-refractivity contribution in [2.75, 3.05) is 19.6 Å². The first kappa shape index (κ1) is 21.4. The van der Waals surface area contributed by atoms with E-state index in [9.17, 15) is 4.79 Å². The van der Waals surface area contributed by atoms with Gasteiger partial charge >= 0.3 is 0 Å². The summed E-state index contributed by atoms with van der Waals surface area (Å²) in [5, 5.41) is 9.37. The predicted octanol–water partition coefficient (Wildman–Crippen LogP) is 4.69. The summed E-state index contributed by atoms with van der Waals surface area (Å²) in [5.41, 5.74) is 3.71. The zero-order valence-corrected chi connectivity index (χ0v) is 19.5. The van der Waals surface area contributed by atoms with Crippen molar-refractivity contribution >= 4 is 28.5 Å². The highest BCUT2D eigenvalue weighted by Crippen LogP contribution is 2.29.